The first-order valence-corrected chi connectivity index (χ1v) is 7.48. The summed E-state index contributed by atoms with van der Waals surface area (Å²) in [6, 6.07) is 10.6. The standard InChI is InChI=1S/C18H22ClNO/c1-11-6-7-15(8-12(11)2)14(4)20-17-9-13(3)16(19)10-18(17)21-5/h6-10,14,20H,1-5H3. The third kappa shape index (κ3) is 3.51. The largest absolute Gasteiger partial charge is 0.495 e. The van der Waals surface area contributed by atoms with E-state index in [0.717, 1.165) is 22.0 Å². The zero-order chi connectivity index (χ0) is 15.6. The number of aryl methyl sites for hydroxylation is 3. The Balaban J connectivity index is 2.28. The fourth-order valence-electron chi connectivity index (χ4n) is 2.30. The van der Waals surface area contributed by atoms with Crippen molar-refractivity contribution in [2.45, 2.75) is 33.7 Å². The van der Waals surface area contributed by atoms with Gasteiger partial charge in [-0.3, -0.25) is 0 Å². The number of rotatable bonds is 4. The van der Waals surface area contributed by atoms with Crippen molar-refractivity contribution >= 4 is 17.3 Å². The van der Waals surface area contributed by atoms with Gasteiger partial charge in [0.25, 0.3) is 0 Å². The van der Waals surface area contributed by atoms with E-state index >= 15 is 0 Å². The highest BCUT2D eigenvalue weighted by atomic mass is 35.5. The SMILES string of the molecule is COc1cc(Cl)c(C)cc1NC(C)c1ccc(C)c(C)c1. The first-order chi connectivity index (χ1) is 9.92. The number of benzene rings is 2. The van der Waals surface area contributed by atoms with Crippen LogP contribution in [0.5, 0.6) is 5.75 Å². The van der Waals surface area contributed by atoms with Crippen LogP contribution in [0.25, 0.3) is 0 Å². The molecule has 21 heavy (non-hydrogen) atoms. The van der Waals surface area contributed by atoms with Crippen LogP contribution in [-0.4, -0.2) is 7.11 Å². The molecule has 2 aromatic rings. The molecule has 0 bridgehead atoms. The van der Waals surface area contributed by atoms with Crippen molar-refractivity contribution in [1.82, 2.24) is 0 Å². The number of hydrogen-bond acceptors (Lipinski definition) is 2. The minimum absolute atomic E-state index is 0.193. The monoisotopic (exact) mass is 303 g/mol. The van der Waals surface area contributed by atoms with Gasteiger partial charge in [0.15, 0.2) is 0 Å². The lowest BCUT2D eigenvalue weighted by Gasteiger charge is -2.19. The van der Waals surface area contributed by atoms with Crippen molar-refractivity contribution in [1.29, 1.82) is 0 Å². The lowest BCUT2D eigenvalue weighted by molar-refractivity contribution is 0.416. The quantitative estimate of drug-likeness (QED) is 0.811. The Hall–Kier alpha value is -1.67. The first-order valence-electron chi connectivity index (χ1n) is 7.10. The molecule has 2 aromatic carbocycles. The second-order valence-corrected chi connectivity index (χ2v) is 5.92. The van der Waals surface area contributed by atoms with Gasteiger partial charge in [0, 0.05) is 17.1 Å². The van der Waals surface area contributed by atoms with Gasteiger partial charge in [-0.25, -0.2) is 0 Å². The van der Waals surface area contributed by atoms with Crippen molar-refractivity contribution in [2.75, 3.05) is 12.4 Å². The second kappa shape index (κ2) is 6.40. The van der Waals surface area contributed by atoms with Crippen LogP contribution >= 0.6 is 11.6 Å². The van der Waals surface area contributed by atoms with Gasteiger partial charge in [-0.15, -0.1) is 0 Å². The average molecular weight is 304 g/mol. The highest BCUT2D eigenvalue weighted by molar-refractivity contribution is 6.31. The Labute approximate surface area is 132 Å². The third-order valence-electron chi connectivity index (χ3n) is 3.88. The van der Waals surface area contributed by atoms with Gasteiger partial charge in [-0.1, -0.05) is 29.8 Å². The highest BCUT2D eigenvalue weighted by Crippen LogP contribution is 2.33. The Morgan fingerprint density at radius 1 is 1.00 bits per heavy atom. The first kappa shape index (κ1) is 15.7. The predicted octanol–water partition coefficient (Wildman–Crippen LogP) is 5.45. The van der Waals surface area contributed by atoms with Crippen LogP contribution in [-0.2, 0) is 0 Å². The van der Waals surface area contributed by atoms with E-state index in [-0.39, 0.29) is 6.04 Å². The summed E-state index contributed by atoms with van der Waals surface area (Å²) >= 11 is 6.15. The highest BCUT2D eigenvalue weighted by Gasteiger charge is 2.11. The average Bonchev–Trinajstić information content (AvgIpc) is 2.45. The molecule has 0 aliphatic heterocycles. The zero-order valence-electron chi connectivity index (χ0n) is 13.3. The van der Waals surface area contributed by atoms with Crippen molar-refractivity contribution in [2.24, 2.45) is 0 Å². The zero-order valence-corrected chi connectivity index (χ0v) is 14.0. The number of ether oxygens (including phenoxy) is 1. The third-order valence-corrected chi connectivity index (χ3v) is 4.29. The molecular weight excluding hydrogens is 282 g/mol. The molecule has 0 heterocycles. The molecule has 1 unspecified atom stereocenters. The van der Waals surface area contributed by atoms with E-state index in [1.165, 1.54) is 16.7 Å². The van der Waals surface area contributed by atoms with E-state index in [2.05, 4.69) is 44.3 Å². The molecule has 2 rings (SSSR count). The smallest absolute Gasteiger partial charge is 0.143 e. The lowest BCUT2D eigenvalue weighted by atomic mass is 10.0. The van der Waals surface area contributed by atoms with Crippen LogP contribution < -0.4 is 10.1 Å². The summed E-state index contributed by atoms with van der Waals surface area (Å²) in [4.78, 5) is 0. The Morgan fingerprint density at radius 3 is 2.33 bits per heavy atom. The van der Waals surface area contributed by atoms with Crippen LogP contribution in [0.2, 0.25) is 5.02 Å². The maximum absolute atomic E-state index is 6.15. The molecule has 1 atom stereocenters. The minimum Gasteiger partial charge on any atom is -0.495 e. The fraction of sp³-hybridized carbons (Fsp3) is 0.333. The van der Waals surface area contributed by atoms with Gasteiger partial charge in [0.2, 0.25) is 0 Å². The summed E-state index contributed by atoms with van der Waals surface area (Å²) < 4.78 is 5.41. The Kier molecular flexibility index (Phi) is 4.79. The van der Waals surface area contributed by atoms with E-state index in [4.69, 9.17) is 16.3 Å². The molecule has 0 amide bonds. The molecule has 0 saturated heterocycles. The van der Waals surface area contributed by atoms with E-state index in [1.807, 2.05) is 19.1 Å². The molecule has 0 aromatic heterocycles. The fourth-order valence-corrected chi connectivity index (χ4v) is 2.45. The number of methoxy groups -OCH3 is 1. The molecule has 0 radical (unpaired) electrons. The van der Waals surface area contributed by atoms with E-state index in [0.29, 0.717) is 0 Å². The van der Waals surface area contributed by atoms with Gasteiger partial charge >= 0.3 is 0 Å². The minimum atomic E-state index is 0.193. The number of hydrogen-bond donors (Lipinski definition) is 1. The molecule has 0 aliphatic rings. The van der Waals surface area contributed by atoms with Crippen molar-refractivity contribution in [3.8, 4) is 5.75 Å². The molecule has 0 spiro atoms. The topological polar surface area (TPSA) is 21.3 Å². The number of nitrogens with one attached hydrogen (secondary N) is 1. The van der Waals surface area contributed by atoms with Crippen molar-refractivity contribution in [3.05, 3.63) is 57.6 Å². The summed E-state index contributed by atoms with van der Waals surface area (Å²) in [6.45, 7) is 8.41. The summed E-state index contributed by atoms with van der Waals surface area (Å²) in [5.41, 5.74) is 5.87. The van der Waals surface area contributed by atoms with Gasteiger partial charge in [0.05, 0.1) is 12.8 Å². The maximum Gasteiger partial charge on any atom is 0.143 e. The van der Waals surface area contributed by atoms with Crippen LogP contribution in [0.1, 0.15) is 35.2 Å². The summed E-state index contributed by atoms with van der Waals surface area (Å²) in [6.07, 6.45) is 0. The summed E-state index contributed by atoms with van der Waals surface area (Å²) in [5, 5.41) is 4.23. The Morgan fingerprint density at radius 2 is 1.71 bits per heavy atom. The Bertz CT molecular complexity index is 652. The number of halogens is 1. The van der Waals surface area contributed by atoms with Gasteiger partial charge < -0.3 is 10.1 Å². The van der Waals surface area contributed by atoms with E-state index in [1.54, 1.807) is 7.11 Å². The lowest BCUT2D eigenvalue weighted by Crippen LogP contribution is -2.08. The van der Waals surface area contributed by atoms with Crippen molar-refractivity contribution < 1.29 is 4.74 Å². The van der Waals surface area contributed by atoms with Crippen LogP contribution in [0.4, 0.5) is 5.69 Å². The molecule has 1 N–H and O–H groups in total. The van der Waals surface area contributed by atoms with Gasteiger partial charge in [0.1, 0.15) is 5.75 Å². The van der Waals surface area contributed by atoms with E-state index < -0.39 is 0 Å². The molecule has 2 nitrogen and oxygen atoms in total. The van der Waals surface area contributed by atoms with Crippen LogP contribution in [0, 0.1) is 20.8 Å². The van der Waals surface area contributed by atoms with Gasteiger partial charge in [-0.2, -0.15) is 0 Å². The molecule has 112 valence electrons. The molecular formula is C18H22ClNO. The normalized spacial score (nSPS) is 12.1. The molecule has 0 fully saturated rings. The van der Waals surface area contributed by atoms with Crippen LogP contribution in [0.3, 0.4) is 0 Å². The van der Waals surface area contributed by atoms with Gasteiger partial charge in [-0.05, 0) is 56.0 Å². The maximum atomic E-state index is 6.15. The predicted molar refractivity (Wildman–Crippen MR) is 90.7 cm³/mol. The second-order valence-electron chi connectivity index (χ2n) is 5.51. The van der Waals surface area contributed by atoms with E-state index in [9.17, 15) is 0 Å². The summed E-state index contributed by atoms with van der Waals surface area (Å²) in [5.74, 6) is 0.765. The summed E-state index contributed by atoms with van der Waals surface area (Å²) in [7, 11) is 1.66. The molecule has 3 heteroatoms. The molecule has 0 aliphatic carbocycles. The van der Waals surface area contributed by atoms with Crippen LogP contribution in [0.15, 0.2) is 30.3 Å². The van der Waals surface area contributed by atoms with Crippen molar-refractivity contribution in [3.63, 3.8) is 0 Å². The molecule has 0 saturated carbocycles. The number of anilines is 1.